The Hall–Kier alpha value is -2.54. The SMILES string of the molecule is COC(=O)c1cc(CN(C)C(=O)CCOc2ccc(F)cc2Cl)oc1C. The van der Waals surface area contributed by atoms with Crippen LogP contribution in [0.4, 0.5) is 4.39 Å². The first-order chi connectivity index (χ1) is 12.3. The minimum absolute atomic E-state index is 0.0963. The molecule has 0 aliphatic carbocycles. The van der Waals surface area contributed by atoms with Crippen LogP contribution in [0.1, 0.15) is 28.3 Å². The number of rotatable bonds is 7. The summed E-state index contributed by atoms with van der Waals surface area (Å²) in [5, 5.41) is 0.146. The van der Waals surface area contributed by atoms with Crippen molar-refractivity contribution in [3.8, 4) is 5.75 Å². The summed E-state index contributed by atoms with van der Waals surface area (Å²) in [6, 6.07) is 5.34. The molecule has 0 bridgehead atoms. The molecule has 0 aliphatic rings. The number of esters is 1. The molecule has 0 atom stereocenters. The summed E-state index contributed by atoms with van der Waals surface area (Å²) in [6.07, 6.45) is 0.105. The Morgan fingerprint density at radius 2 is 2.04 bits per heavy atom. The monoisotopic (exact) mass is 383 g/mol. The third-order valence-corrected chi connectivity index (χ3v) is 3.96. The number of aryl methyl sites for hydroxylation is 1. The van der Waals surface area contributed by atoms with E-state index in [1.165, 1.54) is 24.1 Å². The number of ether oxygens (including phenoxy) is 2. The van der Waals surface area contributed by atoms with Gasteiger partial charge < -0.3 is 18.8 Å². The Kier molecular flexibility index (Phi) is 6.63. The van der Waals surface area contributed by atoms with Crippen LogP contribution in [-0.2, 0) is 16.1 Å². The smallest absolute Gasteiger partial charge is 0.341 e. The summed E-state index contributed by atoms with van der Waals surface area (Å²) in [4.78, 5) is 25.2. The molecule has 0 radical (unpaired) electrons. The highest BCUT2D eigenvalue weighted by molar-refractivity contribution is 6.32. The van der Waals surface area contributed by atoms with Gasteiger partial charge in [-0.25, -0.2) is 9.18 Å². The largest absolute Gasteiger partial charge is 0.491 e. The highest BCUT2D eigenvalue weighted by Gasteiger charge is 2.18. The topological polar surface area (TPSA) is 69.0 Å². The van der Waals surface area contributed by atoms with Crippen molar-refractivity contribution >= 4 is 23.5 Å². The number of halogens is 2. The summed E-state index contributed by atoms with van der Waals surface area (Å²) >= 11 is 5.86. The zero-order valence-electron chi connectivity index (χ0n) is 14.7. The maximum Gasteiger partial charge on any atom is 0.341 e. The van der Waals surface area contributed by atoms with Crippen molar-refractivity contribution in [1.82, 2.24) is 4.90 Å². The molecular weight excluding hydrogens is 365 g/mol. The third kappa shape index (κ3) is 4.98. The molecule has 0 fully saturated rings. The summed E-state index contributed by atoms with van der Waals surface area (Å²) < 4.78 is 28.5. The molecule has 1 aromatic heterocycles. The summed E-state index contributed by atoms with van der Waals surface area (Å²) in [6.45, 7) is 1.95. The molecule has 1 amide bonds. The lowest BCUT2D eigenvalue weighted by Gasteiger charge is -2.16. The van der Waals surface area contributed by atoms with Gasteiger partial charge in [-0.1, -0.05) is 11.6 Å². The molecule has 8 heteroatoms. The van der Waals surface area contributed by atoms with Gasteiger partial charge in [-0.05, 0) is 31.2 Å². The standard InChI is InChI=1S/C18H19ClFNO5/c1-11-14(18(23)24-3)9-13(26-11)10-21(2)17(22)6-7-25-16-5-4-12(20)8-15(16)19/h4-5,8-9H,6-7,10H2,1-3H3. The number of carbonyl (C=O) groups excluding carboxylic acids is 2. The number of amides is 1. The predicted octanol–water partition coefficient (Wildman–Crippen LogP) is 3.59. The Labute approximate surface area is 155 Å². The molecule has 0 aliphatic heterocycles. The zero-order valence-corrected chi connectivity index (χ0v) is 15.4. The van der Waals surface area contributed by atoms with Crippen LogP contribution in [0.25, 0.3) is 0 Å². The fourth-order valence-electron chi connectivity index (χ4n) is 2.29. The molecule has 140 valence electrons. The van der Waals surface area contributed by atoms with E-state index in [1.807, 2.05) is 0 Å². The second-order valence-corrected chi connectivity index (χ2v) is 6.00. The average molecular weight is 384 g/mol. The number of furan rings is 1. The molecule has 0 saturated heterocycles. The van der Waals surface area contributed by atoms with Crippen molar-refractivity contribution < 1.29 is 27.9 Å². The van der Waals surface area contributed by atoms with Gasteiger partial charge in [-0.3, -0.25) is 4.79 Å². The predicted molar refractivity (Wildman–Crippen MR) is 92.8 cm³/mol. The van der Waals surface area contributed by atoms with Crippen LogP contribution in [-0.4, -0.2) is 37.5 Å². The number of hydrogen-bond acceptors (Lipinski definition) is 5. The first-order valence-electron chi connectivity index (χ1n) is 7.81. The first kappa shape index (κ1) is 19.8. The van der Waals surface area contributed by atoms with Crippen LogP contribution in [0.15, 0.2) is 28.7 Å². The zero-order chi connectivity index (χ0) is 19.3. The van der Waals surface area contributed by atoms with Gasteiger partial charge in [0.2, 0.25) is 5.91 Å². The van der Waals surface area contributed by atoms with Gasteiger partial charge in [0.25, 0.3) is 0 Å². The van der Waals surface area contributed by atoms with Crippen LogP contribution in [0.2, 0.25) is 5.02 Å². The summed E-state index contributed by atoms with van der Waals surface area (Å²) in [5.41, 5.74) is 0.331. The van der Waals surface area contributed by atoms with E-state index in [1.54, 1.807) is 20.0 Å². The van der Waals surface area contributed by atoms with Crippen molar-refractivity contribution in [2.45, 2.75) is 19.9 Å². The van der Waals surface area contributed by atoms with Crippen molar-refractivity contribution in [2.75, 3.05) is 20.8 Å². The Morgan fingerprint density at radius 1 is 1.31 bits per heavy atom. The summed E-state index contributed by atoms with van der Waals surface area (Å²) in [7, 11) is 2.90. The number of hydrogen-bond donors (Lipinski definition) is 0. The molecule has 0 unspecified atom stereocenters. The number of carbonyl (C=O) groups is 2. The van der Waals surface area contributed by atoms with Crippen molar-refractivity contribution in [3.05, 3.63) is 52.2 Å². The summed E-state index contributed by atoms with van der Waals surface area (Å²) in [5.74, 6) is 0.0855. The Bertz CT molecular complexity index is 805. The van der Waals surface area contributed by atoms with Crippen LogP contribution in [0.3, 0.4) is 0 Å². The minimum atomic E-state index is -0.490. The molecule has 1 heterocycles. The second-order valence-electron chi connectivity index (χ2n) is 5.60. The third-order valence-electron chi connectivity index (χ3n) is 3.66. The van der Waals surface area contributed by atoms with Crippen molar-refractivity contribution in [3.63, 3.8) is 0 Å². The van der Waals surface area contributed by atoms with Crippen LogP contribution in [0.5, 0.6) is 5.75 Å². The minimum Gasteiger partial charge on any atom is -0.491 e. The maximum atomic E-state index is 13.0. The second kappa shape index (κ2) is 8.71. The van der Waals surface area contributed by atoms with E-state index in [0.717, 1.165) is 6.07 Å². The van der Waals surface area contributed by atoms with Crippen LogP contribution in [0, 0.1) is 12.7 Å². The van der Waals surface area contributed by atoms with E-state index in [4.69, 9.17) is 20.8 Å². The lowest BCUT2D eigenvalue weighted by atomic mass is 10.2. The van der Waals surface area contributed by atoms with Gasteiger partial charge in [-0.15, -0.1) is 0 Å². The fourth-order valence-corrected chi connectivity index (χ4v) is 2.51. The average Bonchev–Trinajstić information content (AvgIpc) is 2.96. The molecular formula is C18H19ClFNO5. The number of methoxy groups -OCH3 is 1. The lowest BCUT2D eigenvalue weighted by molar-refractivity contribution is -0.131. The highest BCUT2D eigenvalue weighted by atomic mass is 35.5. The first-order valence-corrected chi connectivity index (χ1v) is 8.19. The van der Waals surface area contributed by atoms with E-state index in [9.17, 15) is 14.0 Å². The van der Waals surface area contributed by atoms with Gasteiger partial charge in [0.1, 0.15) is 28.7 Å². The molecule has 1 aromatic carbocycles. The normalized spacial score (nSPS) is 10.5. The van der Waals surface area contributed by atoms with E-state index >= 15 is 0 Å². The molecule has 2 aromatic rings. The van der Waals surface area contributed by atoms with E-state index in [0.29, 0.717) is 22.8 Å². The Morgan fingerprint density at radius 3 is 2.69 bits per heavy atom. The Balaban J connectivity index is 1.86. The van der Waals surface area contributed by atoms with Gasteiger partial charge in [0, 0.05) is 7.05 Å². The number of nitrogens with zero attached hydrogens (tertiary/aromatic N) is 1. The fraction of sp³-hybridized carbons (Fsp3) is 0.333. The van der Waals surface area contributed by atoms with Gasteiger partial charge in [-0.2, -0.15) is 0 Å². The van der Waals surface area contributed by atoms with E-state index in [-0.39, 0.29) is 30.5 Å². The van der Waals surface area contributed by atoms with Crippen molar-refractivity contribution in [2.24, 2.45) is 0 Å². The van der Waals surface area contributed by atoms with E-state index < -0.39 is 11.8 Å². The molecule has 0 N–H and O–H groups in total. The highest BCUT2D eigenvalue weighted by Crippen LogP contribution is 2.25. The maximum absolute atomic E-state index is 13.0. The molecule has 0 spiro atoms. The van der Waals surface area contributed by atoms with Crippen LogP contribution >= 0.6 is 11.6 Å². The van der Waals surface area contributed by atoms with Gasteiger partial charge >= 0.3 is 5.97 Å². The molecule has 0 saturated carbocycles. The van der Waals surface area contributed by atoms with Crippen molar-refractivity contribution in [1.29, 1.82) is 0 Å². The van der Waals surface area contributed by atoms with Crippen LogP contribution < -0.4 is 4.74 Å². The molecule has 6 nitrogen and oxygen atoms in total. The van der Waals surface area contributed by atoms with E-state index in [2.05, 4.69) is 4.74 Å². The van der Waals surface area contributed by atoms with Gasteiger partial charge in [0.15, 0.2) is 0 Å². The van der Waals surface area contributed by atoms with Gasteiger partial charge in [0.05, 0.1) is 31.7 Å². The lowest BCUT2D eigenvalue weighted by Crippen LogP contribution is -2.27. The molecule has 26 heavy (non-hydrogen) atoms. The quantitative estimate of drug-likeness (QED) is 0.683. The number of benzene rings is 1. The molecule has 2 rings (SSSR count).